The Morgan fingerprint density at radius 3 is 1.97 bits per heavy atom. The van der Waals surface area contributed by atoms with Gasteiger partial charge in [0.1, 0.15) is 5.69 Å². The van der Waals surface area contributed by atoms with Crippen LogP contribution >= 0.6 is 0 Å². The third-order valence-electron chi connectivity index (χ3n) is 4.71. The van der Waals surface area contributed by atoms with Crippen LogP contribution in [-0.2, 0) is 4.74 Å². The van der Waals surface area contributed by atoms with Crippen molar-refractivity contribution < 1.29 is 33.6 Å². The Bertz CT molecular complexity index is 1050. The van der Waals surface area contributed by atoms with Gasteiger partial charge in [-0.1, -0.05) is 6.07 Å². The quantitative estimate of drug-likeness (QED) is 0.567. The average molecular weight is 413 g/mol. The standard InChI is InChI=1S/C22H23NO7/c1-26-16-7-6-12(8-15(16)24)19-14(11-23-20(19)22(25)30-5)13-9-17(27-2)21(29-4)18(10-13)28-3/h6-11,23-24H,1-5H3. The molecule has 0 fully saturated rings. The van der Waals surface area contributed by atoms with E-state index >= 15 is 0 Å². The van der Waals surface area contributed by atoms with E-state index in [1.807, 2.05) is 0 Å². The molecular weight excluding hydrogens is 390 g/mol. The number of esters is 1. The maximum Gasteiger partial charge on any atom is 0.355 e. The molecule has 1 heterocycles. The Labute approximate surface area is 173 Å². The second kappa shape index (κ2) is 8.69. The first-order valence-corrected chi connectivity index (χ1v) is 8.96. The number of phenolic OH excluding ortho intramolecular Hbond substituents is 1. The Morgan fingerprint density at radius 1 is 0.833 bits per heavy atom. The zero-order valence-corrected chi connectivity index (χ0v) is 17.4. The van der Waals surface area contributed by atoms with E-state index in [0.29, 0.717) is 45.3 Å². The minimum Gasteiger partial charge on any atom is -0.504 e. The van der Waals surface area contributed by atoms with Crippen molar-refractivity contribution in [2.75, 3.05) is 35.5 Å². The van der Waals surface area contributed by atoms with E-state index < -0.39 is 5.97 Å². The maximum absolute atomic E-state index is 12.4. The third-order valence-corrected chi connectivity index (χ3v) is 4.71. The first-order chi connectivity index (χ1) is 14.5. The number of methoxy groups -OCH3 is 5. The molecule has 0 aliphatic heterocycles. The monoisotopic (exact) mass is 413 g/mol. The molecule has 0 aliphatic rings. The van der Waals surface area contributed by atoms with Gasteiger partial charge in [0, 0.05) is 17.3 Å². The lowest BCUT2D eigenvalue weighted by Crippen LogP contribution is -2.03. The summed E-state index contributed by atoms with van der Waals surface area (Å²) in [6.45, 7) is 0. The van der Waals surface area contributed by atoms with Gasteiger partial charge in [-0.25, -0.2) is 4.79 Å². The number of nitrogens with one attached hydrogen (secondary N) is 1. The predicted molar refractivity (Wildman–Crippen MR) is 111 cm³/mol. The Morgan fingerprint density at radius 2 is 1.47 bits per heavy atom. The molecule has 0 saturated heterocycles. The molecule has 0 unspecified atom stereocenters. The molecule has 8 nitrogen and oxygen atoms in total. The lowest BCUT2D eigenvalue weighted by Gasteiger charge is -2.15. The van der Waals surface area contributed by atoms with Crippen molar-refractivity contribution in [1.82, 2.24) is 4.98 Å². The van der Waals surface area contributed by atoms with Crippen LogP contribution in [0.4, 0.5) is 0 Å². The highest BCUT2D eigenvalue weighted by Crippen LogP contribution is 2.45. The summed E-state index contributed by atoms with van der Waals surface area (Å²) in [5.41, 5.74) is 2.78. The van der Waals surface area contributed by atoms with Crippen molar-refractivity contribution in [3.63, 3.8) is 0 Å². The van der Waals surface area contributed by atoms with Crippen molar-refractivity contribution in [2.45, 2.75) is 0 Å². The van der Waals surface area contributed by atoms with E-state index in [0.717, 1.165) is 0 Å². The van der Waals surface area contributed by atoms with Crippen molar-refractivity contribution in [1.29, 1.82) is 0 Å². The average Bonchev–Trinajstić information content (AvgIpc) is 3.22. The number of aromatic hydroxyl groups is 1. The fraction of sp³-hybridized carbons (Fsp3) is 0.227. The summed E-state index contributed by atoms with van der Waals surface area (Å²) in [4.78, 5) is 15.4. The van der Waals surface area contributed by atoms with Crippen LogP contribution in [0.5, 0.6) is 28.7 Å². The highest BCUT2D eigenvalue weighted by atomic mass is 16.5. The van der Waals surface area contributed by atoms with Crippen molar-refractivity contribution in [3.05, 3.63) is 42.2 Å². The molecular formula is C22H23NO7. The highest BCUT2D eigenvalue weighted by molar-refractivity contribution is 6.01. The molecule has 0 bridgehead atoms. The molecule has 0 saturated carbocycles. The molecule has 0 amide bonds. The minimum absolute atomic E-state index is 0.0529. The summed E-state index contributed by atoms with van der Waals surface area (Å²) in [6, 6.07) is 8.44. The zero-order valence-electron chi connectivity index (χ0n) is 17.4. The number of H-pyrrole nitrogens is 1. The van der Waals surface area contributed by atoms with Gasteiger partial charge in [-0.2, -0.15) is 0 Å². The highest BCUT2D eigenvalue weighted by Gasteiger charge is 2.23. The number of aromatic amines is 1. The molecule has 158 valence electrons. The molecule has 0 aliphatic carbocycles. The van der Waals surface area contributed by atoms with Gasteiger partial charge >= 0.3 is 5.97 Å². The molecule has 30 heavy (non-hydrogen) atoms. The Hall–Kier alpha value is -3.81. The van der Waals surface area contributed by atoms with Crippen LogP contribution in [0.2, 0.25) is 0 Å². The summed E-state index contributed by atoms with van der Waals surface area (Å²) in [6.07, 6.45) is 1.68. The Balaban J connectivity index is 2.28. The summed E-state index contributed by atoms with van der Waals surface area (Å²) in [7, 11) is 7.35. The van der Waals surface area contributed by atoms with Gasteiger partial charge in [-0.15, -0.1) is 0 Å². The fourth-order valence-corrected chi connectivity index (χ4v) is 3.30. The van der Waals surface area contributed by atoms with Gasteiger partial charge in [0.25, 0.3) is 0 Å². The van der Waals surface area contributed by atoms with Crippen LogP contribution in [0.3, 0.4) is 0 Å². The van der Waals surface area contributed by atoms with Gasteiger partial charge in [0.2, 0.25) is 5.75 Å². The van der Waals surface area contributed by atoms with Crippen LogP contribution < -0.4 is 18.9 Å². The SMILES string of the molecule is COC(=O)c1[nH]cc(-c2cc(OC)c(OC)c(OC)c2)c1-c1ccc(OC)c(O)c1. The molecule has 8 heteroatoms. The summed E-state index contributed by atoms with van der Waals surface area (Å²) >= 11 is 0. The third kappa shape index (κ3) is 3.59. The molecule has 0 spiro atoms. The molecule has 0 radical (unpaired) electrons. The van der Waals surface area contributed by atoms with Crippen LogP contribution in [0, 0.1) is 0 Å². The van der Waals surface area contributed by atoms with Crippen LogP contribution in [0.25, 0.3) is 22.3 Å². The molecule has 3 rings (SSSR count). The fourth-order valence-electron chi connectivity index (χ4n) is 3.30. The Kier molecular flexibility index (Phi) is 6.06. The number of aromatic nitrogens is 1. The van der Waals surface area contributed by atoms with Gasteiger partial charge in [-0.3, -0.25) is 0 Å². The molecule has 2 N–H and O–H groups in total. The zero-order chi connectivity index (χ0) is 21.8. The van der Waals surface area contributed by atoms with Gasteiger partial charge in [0.05, 0.1) is 35.5 Å². The number of rotatable bonds is 7. The lowest BCUT2D eigenvalue weighted by molar-refractivity contribution is 0.0595. The van der Waals surface area contributed by atoms with Crippen molar-refractivity contribution in [3.8, 4) is 51.0 Å². The second-order valence-corrected chi connectivity index (χ2v) is 6.24. The number of benzene rings is 2. The maximum atomic E-state index is 12.4. The van der Waals surface area contributed by atoms with Gasteiger partial charge in [0.15, 0.2) is 23.0 Å². The summed E-state index contributed by atoms with van der Waals surface area (Å²) in [5.74, 6) is 1.12. The van der Waals surface area contributed by atoms with E-state index in [1.165, 1.54) is 41.6 Å². The topological polar surface area (TPSA) is 99.2 Å². The largest absolute Gasteiger partial charge is 0.504 e. The van der Waals surface area contributed by atoms with E-state index in [1.54, 1.807) is 30.5 Å². The van der Waals surface area contributed by atoms with E-state index in [9.17, 15) is 9.90 Å². The normalized spacial score (nSPS) is 10.4. The second-order valence-electron chi connectivity index (χ2n) is 6.24. The number of carbonyl (C=O) groups is 1. The van der Waals surface area contributed by atoms with Crippen LogP contribution in [-0.4, -0.2) is 51.6 Å². The van der Waals surface area contributed by atoms with Crippen LogP contribution in [0.1, 0.15) is 10.5 Å². The summed E-state index contributed by atoms with van der Waals surface area (Å²) in [5, 5.41) is 10.3. The predicted octanol–water partition coefficient (Wildman–Crippen LogP) is 3.88. The molecule has 3 aromatic rings. The van der Waals surface area contributed by atoms with E-state index in [4.69, 9.17) is 23.7 Å². The van der Waals surface area contributed by atoms with E-state index in [2.05, 4.69) is 4.98 Å². The number of carbonyl (C=O) groups excluding carboxylic acids is 1. The summed E-state index contributed by atoms with van der Waals surface area (Å²) < 4.78 is 26.3. The number of hydrogen-bond donors (Lipinski definition) is 2. The molecule has 0 atom stereocenters. The van der Waals surface area contributed by atoms with Gasteiger partial charge in [-0.05, 0) is 35.4 Å². The number of hydrogen-bond acceptors (Lipinski definition) is 7. The smallest absolute Gasteiger partial charge is 0.355 e. The number of phenols is 1. The number of ether oxygens (including phenoxy) is 5. The molecule has 1 aromatic heterocycles. The van der Waals surface area contributed by atoms with E-state index in [-0.39, 0.29) is 11.4 Å². The van der Waals surface area contributed by atoms with Crippen molar-refractivity contribution in [2.24, 2.45) is 0 Å². The first kappa shape index (κ1) is 20.9. The van der Waals surface area contributed by atoms with Gasteiger partial charge < -0.3 is 33.8 Å². The molecule has 2 aromatic carbocycles. The lowest BCUT2D eigenvalue weighted by atomic mass is 9.95. The van der Waals surface area contributed by atoms with Crippen molar-refractivity contribution >= 4 is 5.97 Å². The first-order valence-electron chi connectivity index (χ1n) is 8.96. The van der Waals surface area contributed by atoms with Crippen LogP contribution in [0.15, 0.2) is 36.5 Å². The minimum atomic E-state index is -0.543.